The summed E-state index contributed by atoms with van der Waals surface area (Å²) in [5, 5.41) is 33.2. The number of halogens is 3. The molecule has 1 aliphatic carbocycles. The number of aliphatic hydroxyl groups excluding tert-OH is 2. The SMILES string of the molecule is COCCNC(=O)[C@]1(OCc2cccc(C(F)(F)F)c2)C[C@@H](O)[C@@H](O)[C@H](OCc2ccccc2C#N)C1. The lowest BCUT2D eigenvalue weighted by Gasteiger charge is -2.44. The highest BCUT2D eigenvalue weighted by molar-refractivity contribution is 5.85. The topological polar surface area (TPSA) is 121 Å². The fourth-order valence-corrected chi connectivity index (χ4v) is 4.20. The van der Waals surface area contributed by atoms with Gasteiger partial charge in [-0.25, -0.2) is 0 Å². The number of nitrogens with one attached hydrogen (secondary N) is 1. The van der Waals surface area contributed by atoms with E-state index in [9.17, 15) is 33.4 Å². The molecule has 0 saturated heterocycles. The number of rotatable bonds is 10. The monoisotopic (exact) mass is 522 g/mol. The number of carbonyl (C=O) groups is 1. The number of benzene rings is 2. The Morgan fingerprint density at radius 2 is 1.92 bits per heavy atom. The number of carbonyl (C=O) groups excluding carboxylic acids is 1. The summed E-state index contributed by atoms with van der Waals surface area (Å²) in [6, 6.07) is 13.3. The molecule has 8 nitrogen and oxygen atoms in total. The van der Waals surface area contributed by atoms with Crippen LogP contribution >= 0.6 is 0 Å². The van der Waals surface area contributed by atoms with Crippen LogP contribution in [0.25, 0.3) is 0 Å². The lowest BCUT2D eigenvalue weighted by molar-refractivity contribution is -0.200. The van der Waals surface area contributed by atoms with Crippen molar-refractivity contribution in [3.05, 3.63) is 70.8 Å². The predicted molar refractivity (Wildman–Crippen MR) is 125 cm³/mol. The molecular formula is C26H29F3N2O6. The Morgan fingerprint density at radius 1 is 1.16 bits per heavy atom. The Bertz CT molecular complexity index is 1110. The smallest absolute Gasteiger partial charge is 0.390 e. The first kappa shape index (κ1) is 28.6. The molecular weight excluding hydrogens is 493 g/mol. The Kier molecular flexibility index (Phi) is 9.64. The van der Waals surface area contributed by atoms with Crippen molar-refractivity contribution in [2.45, 2.75) is 56.1 Å². The van der Waals surface area contributed by atoms with Crippen molar-refractivity contribution in [1.29, 1.82) is 5.26 Å². The lowest BCUT2D eigenvalue weighted by Crippen LogP contribution is -2.60. The molecule has 11 heteroatoms. The number of amides is 1. The molecule has 2 aromatic rings. The van der Waals surface area contributed by atoms with Crippen molar-refractivity contribution < 1.29 is 42.4 Å². The summed E-state index contributed by atoms with van der Waals surface area (Å²) >= 11 is 0. The summed E-state index contributed by atoms with van der Waals surface area (Å²) < 4.78 is 56.2. The van der Waals surface area contributed by atoms with E-state index < -0.39 is 41.6 Å². The highest BCUT2D eigenvalue weighted by Gasteiger charge is 2.51. The maximum absolute atomic E-state index is 13.3. The minimum absolute atomic E-state index is 0.0762. The molecule has 0 unspecified atom stereocenters. The molecule has 2 aromatic carbocycles. The lowest BCUT2D eigenvalue weighted by atomic mass is 9.78. The van der Waals surface area contributed by atoms with E-state index in [0.29, 0.717) is 11.1 Å². The summed E-state index contributed by atoms with van der Waals surface area (Å²) in [5.41, 5.74) is -1.46. The van der Waals surface area contributed by atoms with Gasteiger partial charge in [0, 0.05) is 26.5 Å². The van der Waals surface area contributed by atoms with Crippen molar-refractivity contribution in [3.8, 4) is 6.07 Å². The molecule has 0 heterocycles. The molecule has 0 spiro atoms. The first-order valence-corrected chi connectivity index (χ1v) is 11.6. The Balaban J connectivity index is 1.83. The van der Waals surface area contributed by atoms with Crippen molar-refractivity contribution >= 4 is 5.91 Å². The summed E-state index contributed by atoms with van der Waals surface area (Å²) in [5.74, 6) is -0.617. The van der Waals surface area contributed by atoms with Gasteiger partial charge in [0.25, 0.3) is 5.91 Å². The van der Waals surface area contributed by atoms with Crippen molar-refractivity contribution in [3.63, 3.8) is 0 Å². The van der Waals surface area contributed by atoms with Crippen molar-refractivity contribution in [1.82, 2.24) is 5.32 Å². The molecule has 1 fully saturated rings. The molecule has 37 heavy (non-hydrogen) atoms. The van der Waals surface area contributed by atoms with E-state index in [2.05, 4.69) is 5.32 Å². The first-order chi connectivity index (χ1) is 17.6. The van der Waals surface area contributed by atoms with Gasteiger partial charge in [0.2, 0.25) is 0 Å². The van der Waals surface area contributed by atoms with Gasteiger partial charge in [-0.3, -0.25) is 4.79 Å². The maximum Gasteiger partial charge on any atom is 0.416 e. The van der Waals surface area contributed by atoms with Crippen LogP contribution in [0.1, 0.15) is 35.1 Å². The maximum atomic E-state index is 13.3. The Hall–Kier alpha value is -3.01. The first-order valence-electron chi connectivity index (χ1n) is 11.6. The number of nitriles is 1. The molecule has 1 saturated carbocycles. The molecule has 0 aromatic heterocycles. The number of hydrogen-bond donors (Lipinski definition) is 3. The van der Waals surface area contributed by atoms with Crippen LogP contribution in [0.4, 0.5) is 13.2 Å². The average Bonchev–Trinajstić information content (AvgIpc) is 2.88. The van der Waals surface area contributed by atoms with E-state index in [1.807, 2.05) is 6.07 Å². The second kappa shape index (κ2) is 12.5. The van der Waals surface area contributed by atoms with Gasteiger partial charge in [0.1, 0.15) is 6.10 Å². The van der Waals surface area contributed by atoms with Gasteiger partial charge >= 0.3 is 6.18 Å². The van der Waals surface area contributed by atoms with Crippen LogP contribution in [-0.2, 0) is 38.4 Å². The number of hydrogen-bond acceptors (Lipinski definition) is 7. The highest BCUT2D eigenvalue weighted by Crippen LogP contribution is 2.36. The van der Waals surface area contributed by atoms with Crippen LogP contribution in [0, 0.1) is 11.3 Å². The average molecular weight is 523 g/mol. The third-order valence-electron chi connectivity index (χ3n) is 6.21. The number of methoxy groups -OCH3 is 1. The summed E-state index contributed by atoms with van der Waals surface area (Å²) in [4.78, 5) is 13.3. The highest BCUT2D eigenvalue weighted by atomic mass is 19.4. The number of nitrogens with zero attached hydrogens (tertiary/aromatic N) is 1. The molecule has 200 valence electrons. The Morgan fingerprint density at radius 3 is 2.62 bits per heavy atom. The zero-order valence-corrected chi connectivity index (χ0v) is 20.2. The van der Waals surface area contributed by atoms with E-state index in [-0.39, 0.29) is 44.8 Å². The van der Waals surface area contributed by atoms with E-state index >= 15 is 0 Å². The standard InChI is InChI=1S/C26H29F3N2O6/c1-35-10-9-31-24(34)25(37-15-17-5-4-8-20(11-17)26(27,28)29)12-21(32)23(33)22(13-25)36-16-19-7-3-2-6-18(19)14-30/h2-8,11,21-23,32-33H,9-10,12-13,15-16H2,1H3,(H,31,34)/t21-,22-,23-,25+/m1/s1. The van der Waals surface area contributed by atoms with Gasteiger partial charge < -0.3 is 29.7 Å². The van der Waals surface area contributed by atoms with Crippen molar-refractivity contribution in [2.75, 3.05) is 20.3 Å². The third-order valence-corrected chi connectivity index (χ3v) is 6.21. The number of aliphatic hydroxyl groups is 2. The molecule has 0 aliphatic heterocycles. The van der Waals surface area contributed by atoms with Crippen LogP contribution in [-0.4, -0.2) is 60.3 Å². The molecule has 3 N–H and O–H groups in total. The fourth-order valence-electron chi connectivity index (χ4n) is 4.20. The van der Waals surface area contributed by atoms with Crippen LogP contribution in [0.3, 0.4) is 0 Å². The van der Waals surface area contributed by atoms with E-state index in [4.69, 9.17) is 14.2 Å². The molecule has 1 aliphatic rings. The minimum Gasteiger partial charge on any atom is -0.390 e. The quantitative estimate of drug-likeness (QED) is 0.411. The second-order valence-electron chi connectivity index (χ2n) is 8.81. The predicted octanol–water partition coefficient (Wildman–Crippen LogP) is 2.70. The van der Waals surface area contributed by atoms with E-state index in [1.165, 1.54) is 19.2 Å². The van der Waals surface area contributed by atoms with Crippen LogP contribution in [0.15, 0.2) is 48.5 Å². The van der Waals surface area contributed by atoms with Crippen LogP contribution < -0.4 is 5.32 Å². The van der Waals surface area contributed by atoms with Gasteiger partial charge in [0.15, 0.2) is 5.60 Å². The summed E-state index contributed by atoms with van der Waals surface area (Å²) in [6.45, 7) is -0.100. The Labute approximate surface area is 212 Å². The molecule has 0 radical (unpaired) electrons. The normalized spacial score (nSPS) is 23.9. The zero-order valence-electron chi connectivity index (χ0n) is 20.2. The summed E-state index contributed by atoms with van der Waals surface area (Å²) in [7, 11) is 1.45. The van der Waals surface area contributed by atoms with E-state index in [0.717, 1.165) is 12.1 Å². The van der Waals surface area contributed by atoms with Gasteiger partial charge in [0.05, 0.1) is 49.2 Å². The largest absolute Gasteiger partial charge is 0.416 e. The van der Waals surface area contributed by atoms with Crippen LogP contribution in [0.2, 0.25) is 0 Å². The van der Waals surface area contributed by atoms with Gasteiger partial charge in [-0.2, -0.15) is 18.4 Å². The fraction of sp³-hybridized carbons (Fsp3) is 0.462. The van der Waals surface area contributed by atoms with E-state index in [1.54, 1.807) is 24.3 Å². The third kappa shape index (κ3) is 7.28. The molecule has 4 atom stereocenters. The number of alkyl halides is 3. The van der Waals surface area contributed by atoms with Crippen molar-refractivity contribution in [2.24, 2.45) is 0 Å². The minimum atomic E-state index is -4.55. The molecule has 3 rings (SSSR count). The number of ether oxygens (including phenoxy) is 3. The zero-order chi connectivity index (χ0) is 27.1. The van der Waals surface area contributed by atoms with Crippen LogP contribution in [0.5, 0.6) is 0 Å². The summed E-state index contributed by atoms with van der Waals surface area (Å²) in [6.07, 6.45) is -8.87. The molecule has 0 bridgehead atoms. The second-order valence-corrected chi connectivity index (χ2v) is 8.81. The van der Waals surface area contributed by atoms with Gasteiger partial charge in [-0.1, -0.05) is 30.3 Å². The van der Waals surface area contributed by atoms with Gasteiger partial charge in [-0.05, 0) is 29.3 Å². The molecule has 1 amide bonds. The van der Waals surface area contributed by atoms with Gasteiger partial charge in [-0.15, -0.1) is 0 Å².